The molecule has 8 rings (SSSR count). The molecule has 4 atom stereocenters. The van der Waals surface area contributed by atoms with Gasteiger partial charge >= 0.3 is 12.2 Å². The summed E-state index contributed by atoms with van der Waals surface area (Å²) in [7, 11) is -2.40. The van der Waals surface area contributed by atoms with Gasteiger partial charge in [0.25, 0.3) is 11.8 Å². The maximum absolute atomic E-state index is 15.0. The number of fused-ring (bicyclic) bond motifs is 4. The fourth-order valence-electron chi connectivity index (χ4n) is 11.9. The minimum Gasteiger partial charge on any atom is -0.493 e. The summed E-state index contributed by atoms with van der Waals surface area (Å²) in [5, 5.41) is 11.3. The number of rotatable bonds is 36. The van der Waals surface area contributed by atoms with Crippen LogP contribution >= 0.6 is 0 Å². The first-order chi connectivity index (χ1) is 50.8. The lowest BCUT2D eigenvalue weighted by Crippen LogP contribution is -2.58. The summed E-state index contributed by atoms with van der Waals surface area (Å²) in [5.74, 6) is 2.59. The first-order valence-corrected chi connectivity index (χ1v) is 43.0. The van der Waals surface area contributed by atoms with E-state index < -0.39 is 64.6 Å². The molecule has 1 aromatic heterocycles. The molecule has 1 N–H and O–H groups in total. The molecule has 0 unspecified atom stereocenters. The van der Waals surface area contributed by atoms with Crippen molar-refractivity contribution in [1.29, 1.82) is 0 Å². The van der Waals surface area contributed by atoms with Crippen LogP contribution in [0, 0.1) is 12.3 Å². The molecular weight excluding hydrogens is 1420 g/mol. The number of benzene rings is 3. The van der Waals surface area contributed by atoms with E-state index in [0.29, 0.717) is 140 Å². The number of aromatic nitrogens is 3. The van der Waals surface area contributed by atoms with Gasteiger partial charge in [-0.3, -0.25) is 14.4 Å². The van der Waals surface area contributed by atoms with Crippen LogP contribution < -0.4 is 34.1 Å². The molecular formula is C79H116N8O19Si2. The highest BCUT2D eigenvalue weighted by atomic mass is 28.4. The van der Waals surface area contributed by atoms with E-state index in [1.165, 1.54) is 24.0 Å². The van der Waals surface area contributed by atoms with E-state index in [-0.39, 0.29) is 86.5 Å². The predicted molar refractivity (Wildman–Crippen MR) is 414 cm³/mol. The normalized spacial score (nSPS) is 17.6. The standard InChI is InChI=1S/C79H116N8O19Si2/c1-22-23-24-69(88)80-25-27-95-29-31-97-33-35-99-37-38-100-36-34-98-32-30-96-28-26-83-50-60(81-82-83)57-42-55(51-101-67-46-61-58(44-65(67)93-16)70(89)84-48-53(2)39-63(84)72(105-107(18,19)78(10,11)12)86(61)74(91)103-76(4,5)6)41-56(43-57)52-102-68-47-62-59(45-66(68)94-17)71(90)85-49-54(3)40-64(85)73(106-108(20,21)79(13,14)15)87(62)75(92)104-77(7,8)9/h1,41-50,63-64,72-73H,23-40,51-52H2,2-21H3,(H,80,88)/t63-,64-,72-,73-/m0/s1. The molecule has 4 aliphatic rings. The van der Waals surface area contributed by atoms with Crippen LogP contribution in [0.25, 0.3) is 11.3 Å². The van der Waals surface area contributed by atoms with Crippen molar-refractivity contribution in [3.05, 3.63) is 94.5 Å². The van der Waals surface area contributed by atoms with Crippen LogP contribution in [0.3, 0.4) is 0 Å². The van der Waals surface area contributed by atoms with Gasteiger partial charge < -0.3 is 80.8 Å². The summed E-state index contributed by atoms with van der Waals surface area (Å²) in [5.41, 5.74) is 3.39. The molecule has 3 aromatic carbocycles. The van der Waals surface area contributed by atoms with Crippen molar-refractivity contribution in [3.63, 3.8) is 0 Å². The van der Waals surface area contributed by atoms with Crippen molar-refractivity contribution in [2.24, 2.45) is 0 Å². The topological polar surface area (TPSA) is 270 Å². The summed E-state index contributed by atoms with van der Waals surface area (Å²) in [6.07, 6.45) is 9.01. The van der Waals surface area contributed by atoms with Crippen molar-refractivity contribution in [2.45, 2.75) is 214 Å². The number of nitrogens with zero attached hydrogens (tertiary/aromatic N) is 7. The SMILES string of the molecule is C#CCCC(=O)NCCOCCOCCOCCOCCOCCOCCn1cc(-c2cc(COc3cc4c(cc3OC)C(=O)N3C=C(C)C[C@H]3[C@H](O[Si](C)(C)C(C)(C)C)N4C(=O)OC(C)(C)C)cc(COc3cc4c(cc3OC)C(=O)N3C=C(C)C[C@H]3[C@H](O[Si](C)(C)C(C)(C)C)N4C(=O)OC(C)(C)C)c2)nn1. The van der Waals surface area contributed by atoms with Gasteiger partial charge in [-0.2, -0.15) is 0 Å². The molecule has 0 radical (unpaired) electrons. The summed E-state index contributed by atoms with van der Waals surface area (Å²) in [6.45, 7) is 41.2. The molecule has 0 fully saturated rings. The van der Waals surface area contributed by atoms with E-state index >= 15 is 9.59 Å². The second kappa shape index (κ2) is 37.2. The average molecular weight is 1540 g/mol. The van der Waals surface area contributed by atoms with Crippen LogP contribution in [0.2, 0.25) is 36.3 Å². The largest absolute Gasteiger partial charge is 0.493 e. The highest BCUT2D eigenvalue weighted by molar-refractivity contribution is 6.74. The van der Waals surface area contributed by atoms with Gasteiger partial charge in [-0.1, -0.05) is 57.9 Å². The van der Waals surface area contributed by atoms with Gasteiger partial charge in [0.15, 0.2) is 52.1 Å². The lowest BCUT2D eigenvalue weighted by atomic mass is 10.0. The molecule has 0 saturated heterocycles. The van der Waals surface area contributed by atoms with E-state index in [1.807, 2.05) is 50.6 Å². The number of carbonyl (C=O) groups is 5. The van der Waals surface area contributed by atoms with Crippen molar-refractivity contribution < 1.29 is 89.7 Å². The molecule has 0 saturated carbocycles. The van der Waals surface area contributed by atoms with Crippen LogP contribution in [0.1, 0.15) is 154 Å². The van der Waals surface area contributed by atoms with Gasteiger partial charge in [-0.05, 0) is 146 Å². The fourth-order valence-corrected chi connectivity index (χ4v) is 14.3. The molecule has 29 heteroatoms. The Hall–Kier alpha value is -7.90. The Kier molecular flexibility index (Phi) is 29.5. The van der Waals surface area contributed by atoms with Gasteiger partial charge in [-0.15, -0.1) is 17.4 Å². The molecule has 27 nitrogen and oxygen atoms in total. The van der Waals surface area contributed by atoms with Gasteiger partial charge in [0.1, 0.15) is 30.1 Å². The van der Waals surface area contributed by atoms with Gasteiger partial charge in [0.05, 0.1) is 141 Å². The van der Waals surface area contributed by atoms with Crippen LogP contribution in [0.4, 0.5) is 21.0 Å². The monoisotopic (exact) mass is 1540 g/mol. The molecule has 594 valence electrons. The first-order valence-electron chi connectivity index (χ1n) is 37.1. The second-order valence-corrected chi connectivity index (χ2v) is 41.9. The van der Waals surface area contributed by atoms with Gasteiger partial charge in [-0.25, -0.2) is 24.1 Å². The Bertz CT molecular complexity index is 3690. The Morgan fingerprint density at radius 1 is 0.556 bits per heavy atom. The molecule has 4 aromatic rings. The zero-order chi connectivity index (χ0) is 79.1. The highest BCUT2D eigenvalue weighted by Crippen LogP contribution is 2.49. The summed E-state index contributed by atoms with van der Waals surface area (Å²) in [4.78, 5) is 77.9. The second-order valence-electron chi connectivity index (χ2n) is 32.4. The number of nitrogens with one attached hydrogen (secondary N) is 1. The maximum atomic E-state index is 15.0. The van der Waals surface area contributed by atoms with Gasteiger partial charge in [0.2, 0.25) is 5.91 Å². The smallest absolute Gasteiger partial charge is 0.417 e. The summed E-state index contributed by atoms with van der Waals surface area (Å²) < 4.78 is 88.3. The maximum Gasteiger partial charge on any atom is 0.417 e. The van der Waals surface area contributed by atoms with Crippen molar-refractivity contribution in [3.8, 4) is 46.6 Å². The Morgan fingerprint density at radius 2 is 0.954 bits per heavy atom. The molecule has 0 aliphatic carbocycles. The number of anilines is 2. The molecule has 4 aliphatic heterocycles. The minimum atomic E-state index is -2.69. The van der Waals surface area contributed by atoms with Crippen molar-refractivity contribution >= 4 is 57.9 Å². The first kappa shape index (κ1) is 85.7. The van der Waals surface area contributed by atoms with E-state index in [4.69, 9.17) is 72.1 Å². The number of ether oxygens (including phenoxy) is 12. The summed E-state index contributed by atoms with van der Waals surface area (Å²) in [6, 6.07) is 11.1. The third-order valence-electron chi connectivity index (χ3n) is 19.4. The van der Waals surface area contributed by atoms with E-state index in [2.05, 4.69) is 89.3 Å². The lowest BCUT2D eigenvalue weighted by molar-refractivity contribution is -0.121. The van der Waals surface area contributed by atoms with Crippen LogP contribution in [0.5, 0.6) is 23.0 Å². The number of hydrogen-bond donors (Lipinski definition) is 1. The van der Waals surface area contributed by atoms with Crippen molar-refractivity contribution in [2.75, 3.05) is 110 Å². The van der Waals surface area contributed by atoms with Crippen LogP contribution in [-0.2, 0) is 71.3 Å². The van der Waals surface area contributed by atoms with E-state index in [0.717, 1.165) is 11.1 Å². The fraction of sp³-hybridized carbons (Fsp3) is 0.608. The number of hydrogen-bond acceptors (Lipinski definition) is 21. The van der Waals surface area contributed by atoms with Crippen molar-refractivity contribution in [1.82, 2.24) is 30.1 Å². The molecule has 5 amide bonds. The zero-order valence-electron chi connectivity index (χ0n) is 67.2. The third-order valence-corrected chi connectivity index (χ3v) is 28.3. The van der Waals surface area contributed by atoms with Crippen LogP contribution in [0.15, 0.2) is 72.2 Å². The number of carbonyl (C=O) groups excluding carboxylic acids is 5. The molecule has 108 heavy (non-hydrogen) atoms. The molecule has 0 bridgehead atoms. The predicted octanol–water partition coefficient (Wildman–Crippen LogP) is 13.2. The number of amides is 5. The van der Waals surface area contributed by atoms with Crippen LogP contribution in [-0.4, -0.2) is 207 Å². The Morgan fingerprint density at radius 3 is 1.33 bits per heavy atom. The number of methoxy groups -OCH3 is 2. The Labute approximate surface area is 640 Å². The zero-order valence-corrected chi connectivity index (χ0v) is 69.2. The molecule has 5 heterocycles. The van der Waals surface area contributed by atoms with E-state index in [9.17, 15) is 14.4 Å². The quantitative estimate of drug-likeness (QED) is 0.0252. The minimum absolute atomic E-state index is 0.0759. The number of terminal acetylenes is 1. The average Bonchev–Trinajstić information content (AvgIpc) is 1.58. The lowest BCUT2D eigenvalue weighted by Gasteiger charge is -2.44. The molecule has 0 spiro atoms. The Balaban J connectivity index is 1.03. The highest BCUT2D eigenvalue weighted by Gasteiger charge is 2.53. The third kappa shape index (κ3) is 22.9. The summed E-state index contributed by atoms with van der Waals surface area (Å²) >= 11 is 0. The van der Waals surface area contributed by atoms with E-state index in [1.54, 1.807) is 80.3 Å². The van der Waals surface area contributed by atoms with Gasteiger partial charge in [0, 0.05) is 49.5 Å².